The van der Waals surface area contributed by atoms with Gasteiger partial charge in [0.2, 0.25) is 70.9 Å². The molecule has 1 aromatic carbocycles. The number of imidazole rings is 1. The maximum Gasteiger partial charge on any atom is 0.243 e. The quantitative estimate of drug-likeness (QED) is 0.0328. The maximum absolute atomic E-state index is 14.8. The van der Waals surface area contributed by atoms with Gasteiger partial charge in [0.1, 0.15) is 66.5 Å². The largest absolute Gasteiger partial charge is 0.368 e. The summed E-state index contributed by atoms with van der Waals surface area (Å²) in [4.78, 5) is 181. The Balaban J connectivity index is 1.97. The summed E-state index contributed by atoms with van der Waals surface area (Å²) in [5.74, 6) is -9.24. The maximum atomic E-state index is 14.8. The van der Waals surface area contributed by atoms with Crippen molar-refractivity contribution in [2.75, 3.05) is 44.7 Å². The fraction of sp³-hybridized carbons (Fsp3) is 0.681. The van der Waals surface area contributed by atoms with E-state index in [1.54, 1.807) is 13.1 Å². The third-order valence-corrected chi connectivity index (χ3v) is 18.6. The Kier molecular flexibility index (Phi) is 42.9. The van der Waals surface area contributed by atoms with Gasteiger partial charge < -0.3 is 103 Å². The number of aromatic amines is 2. The molecule has 32 nitrogen and oxygen atoms in total. The Morgan fingerprint density at radius 2 is 0.810 bits per heavy atom. The minimum atomic E-state index is -1.38. The Labute approximate surface area is 622 Å². The minimum absolute atomic E-state index is 0.0309. The number of hydrogen-bond donors (Lipinski definition) is 19. The summed E-state index contributed by atoms with van der Waals surface area (Å²) in [6.45, 7) is 15.5. The van der Waals surface area contributed by atoms with E-state index in [0.717, 1.165) is 10.9 Å². The first-order chi connectivity index (χ1) is 50.0. The number of fused-ring (bicyclic) bond motifs is 1. The number of hydrogen-bond acceptors (Lipinski definition) is 19. The number of amides is 12. The van der Waals surface area contributed by atoms with Crippen LogP contribution in [0.3, 0.4) is 0 Å². The summed E-state index contributed by atoms with van der Waals surface area (Å²) in [6, 6.07) is -6.13. The minimum Gasteiger partial charge on any atom is -0.368 e. The van der Waals surface area contributed by atoms with E-state index in [-0.39, 0.29) is 102 Å². The van der Waals surface area contributed by atoms with Crippen LogP contribution in [0.1, 0.15) is 176 Å². The second kappa shape index (κ2) is 49.5. The van der Waals surface area contributed by atoms with Gasteiger partial charge in [0.25, 0.3) is 0 Å². The van der Waals surface area contributed by atoms with Crippen LogP contribution in [0.5, 0.6) is 0 Å². The Morgan fingerprint density at radius 1 is 0.438 bits per heavy atom. The van der Waals surface area contributed by atoms with Gasteiger partial charge in [-0.3, -0.25) is 57.5 Å². The van der Waals surface area contributed by atoms with E-state index in [1.807, 2.05) is 79.0 Å². The van der Waals surface area contributed by atoms with Crippen LogP contribution >= 0.6 is 11.8 Å². The standard InChI is InChI=1S/C72H124N20O12S/c1-10-45(8)61(72(104)91-57(35-44(6)7)67(99)83-50(62(78)94)23-13-17-28-73)92-71(103)59(37-47-40-79-41-81-47)90-65(97)53(26-16-20-31-76)85-68(100)55(33-42(2)3)88-69(101)56(34-43(4)5)87-64(96)52(25-15-19-30-75)84-66(98)54(27-32-105-9)86-70(102)58(36-46-39-80-49-22-12-11-21-48(46)49)89-63(95)51(24-14-18-29-74)82-60(93)38-77/h11-12,21-22,39-45,50-59,61,80H,10,13-20,23-38,73-77H2,1-9H3,(H2,78,94)(H,79,81)(H,82,93)(H,83,99)(H,84,98)(H,85,100)(H,86,102)(H,87,96)(H,88,101)(H,89,95)(H,90,97)(H,91,104)(H,92,103)/t45-,50-,51-,52-,53-,54-,55-,56-,57-,58-,59-,61-/m0/s1. The Morgan fingerprint density at radius 3 is 1.22 bits per heavy atom. The van der Waals surface area contributed by atoms with Crippen molar-refractivity contribution in [2.24, 2.45) is 58.1 Å². The molecule has 0 saturated heterocycles. The highest BCUT2D eigenvalue weighted by Gasteiger charge is 2.38. The highest BCUT2D eigenvalue weighted by molar-refractivity contribution is 7.98. The van der Waals surface area contributed by atoms with Crippen molar-refractivity contribution >= 4 is 93.6 Å². The highest BCUT2D eigenvalue weighted by Crippen LogP contribution is 2.21. The van der Waals surface area contributed by atoms with Crippen LogP contribution in [0.15, 0.2) is 43.0 Å². The van der Waals surface area contributed by atoms with Crippen LogP contribution in [-0.2, 0) is 70.4 Å². The zero-order chi connectivity index (χ0) is 78.1. The molecule has 33 heteroatoms. The van der Waals surface area contributed by atoms with Gasteiger partial charge in [0.05, 0.1) is 12.9 Å². The van der Waals surface area contributed by atoms with Gasteiger partial charge in [-0.15, -0.1) is 0 Å². The molecule has 590 valence electrons. The van der Waals surface area contributed by atoms with Crippen LogP contribution in [0.25, 0.3) is 10.9 Å². The number of nitrogens with zero attached hydrogens (tertiary/aromatic N) is 1. The highest BCUT2D eigenvalue weighted by atomic mass is 32.2. The van der Waals surface area contributed by atoms with Crippen molar-refractivity contribution in [3.63, 3.8) is 0 Å². The summed E-state index contributed by atoms with van der Waals surface area (Å²) in [5, 5.41) is 31.5. The van der Waals surface area contributed by atoms with E-state index in [2.05, 4.69) is 73.4 Å². The van der Waals surface area contributed by atoms with Gasteiger partial charge in [0.15, 0.2) is 0 Å². The second-order valence-electron chi connectivity index (χ2n) is 28.3. The lowest BCUT2D eigenvalue weighted by molar-refractivity contribution is -0.136. The van der Waals surface area contributed by atoms with Gasteiger partial charge in [-0.05, 0) is 176 Å². The SMILES string of the molecule is CC[C@H](C)[C@H](NC(=O)[C@H](Cc1cnc[nH]1)NC(=O)[C@H](CCCCN)NC(=O)[C@H](CC(C)C)NC(=O)[C@H](CC(C)C)NC(=O)[C@H](CCCCN)NC(=O)[C@H](CCSC)NC(=O)[C@H](Cc1c[nH]c2ccccc12)NC(=O)[C@H](CCCCN)NC(=O)CN)C(=O)N[C@@H](CC(C)C)C(=O)N[C@@H](CCCCN)C(N)=O. The summed E-state index contributed by atoms with van der Waals surface area (Å²) in [7, 11) is 0. The molecule has 3 aromatic rings. The van der Waals surface area contributed by atoms with Gasteiger partial charge in [-0.2, -0.15) is 11.8 Å². The van der Waals surface area contributed by atoms with Crippen LogP contribution in [0, 0.1) is 23.7 Å². The summed E-state index contributed by atoms with van der Waals surface area (Å²) < 4.78 is 0. The zero-order valence-corrected chi connectivity index (χ0v) is 63.9. The molecule has 2 aromatic heterocycles. The predicted octanol–water partition coefficient (Wildman–Crippen LogP) is -0.0935. The summed E-state index contributed by atoms with van der Waals surface area (Å²) in [5.41, 5.74) is 36.4. The number of primary amides is 1. The van der Waals surface area contributed by atoms with E-state index in [1.165, 1.54) is 24.3 Å². The van der Waals surface area contributed by atoms with E-state index >= 15 is 0 Å². The van der Waals surface area contributed by atoms with E-state index in [9.17, 15) is 57.5 Å². The van der Waals surface area contributed by atoms with E-state index < -0.39 is 143 Å². The number of thioether (sulfide) groups is 1. The lowest BCUT2D eigenvalue weighted by Gasteiger charge is -2.30. The third kappa shape index (κ3) is 33.4. The molecule has 0 aliphatic carbocycles. The summed E-state index contributed by atoms with van der Waals surface area (Å²) in [6.07, 6.45) is 11.3. The molecular weight excluding hydrogens is 1370 g/mol. The van der Waals surface area contributed by atoms with Gasteiger partial charge >= 0.3 is 0 Å². The number of benzene rings is 1. The summed E-state index contributed by atoms with van der Waals surface area (Å²) >= 11 is 1.41. The molecule has 0 radical (unpaired) electrons. The number of rotatable bonds is 54. The molecule has 0 aliphatic heterocycles. The molecule has 105 heavy (non-hydrogen) atoms. The number of carbonyl (C=O) groups excluding carboxylic acids is 12. The molecule has 0 unspecified atom stereocenters. The smallest absolute Gasteiger partial charge is 0.243 e. The average Bonchev–Trinajstić information content (AvgIpc) is 1.73. The molecule has 0 aliphatic rings. The van der Waals surface area contributed by atoms with Crippen molar-refractivity contribution in [1.29, 1.82) is 0 Å². The predicted molar refractivity (Wildman–Crippen MR) is 406 cm³/mol. The van der Waals surface area contributed by atoms with Crippen LogP contribution in [0.4, 0.5) is 0 Å². The van der Waals surface area contributed by atoms with Crippen molar-refractivity contribution in [3.05, 3.63) is 54.2 Å². The lowest BCUT2D eigenvalue weighted by Crippen LogP contribution is -2.61. The normalized spacial score (nSPS) is 14.9. The van der Waals surface area contributed by atoms with Gasteiger partial charge in [-0.25, -0.2) is 4.98 Å². The van der Waals surface area contributed by atoms with Crippen molar-refractivity contribution in [1.82, 2.24) is 73.4 Å². The lowest BCUT2D eigenvalue weighted by atomic mass is 9.96. The number of nitrogens with one attached hydrogen (secondary N) is 13. The van der Waals surface area contributed by atoms with Crippen molar-refractivity contribution in [3.8, 4) is 0 Å². The molecule has 12 amide bonds. The first kappa shape index (κ1) is 91.0. The van der Waals surface area contributed by atoms with Crippen LogP contribution in [0.2, 0.25) is 0 Å². The van der Waals surface area contributed by atoms with Gasteiger partial charge in [-0.1, -0.05) is 80.0 Å². The average molecular weight is 1490 g/mol. The molecule has 12 atom stereocenters. The number of para-hydroxylation sites is 1. The monoisotopic (exact) mass is 1490 g/mol. The Hall–Kier alpha value is -8.24. The van der Waals surface area contributed by atoms with E-state index in [4.69, 9.17) is 34.4 Å². The first-order valence-corrected chi connectivity index (χ1v) is 38.6. The molecule has 2 heterocycles. The molecule has 0 bridgehead atoms. The number of H-pyrrole nitrogens is 2. The molecular formula is C72H124N20O12S. The van der Waals surface area contributed by atoms with Crippen molar-refractivity contribution in [2.45, 2.75) is 244 Å². The fourth-order valence-corrected chi connectivity index (χ4v) is 12.4. The number of aromatic nitrogens is 3. The number of carbonyl (C=O) groups is 12. The zero-order valence-electron chi connectivity index (χ0n) is 63.1. The Bertz CT molecular complexity index is 3190. The van der Waals surface area contributed by atoms with Crippen molar-refractivity contribution < 1.29 is 57.5 Å². The number of unbranched alkanes of at least 4 members (excludes halogenated alkanes) is 4. The molecule has 3 rings (SSSR count). The van der Waals surface area contributed by atoms with Gasteiger partial charge in [0, 0.05) is 41.8 Å². The van der Waals surface area contributed by atoms with E-state index in [0.29, 0.717) is 87.9 Å². The number of nitrogens with two attached hydrogens (primary N) is 6. The van der Waals surface area contributed by atoms with Crippen LogP contribution in [-0.4, -0.2) is 197 Å². The van der Waals surface area contributed by atoms with Crippen LogP contribution < -0.4 is 92.9 Å². The molecule has 0 spiro atoms. The first-order valence-electron chi connectivity index (χ1n) is 37.2. The molecule has 25 N–H and O–H groups in total. The second-order valence-corrected chi connectivity index (χ2v) is 29.3. The third-order valence-electron chi connectivity index (χ3n) is 18.0. The fourth-order valence-electron chi connectivity index (χ4n) is 11.9. The molecule has 0 fully saturated rings. The topological polar surface area (TPSA) is 538 Å². The molecule has 0 saturated carbocycles.